The molecule has 0 aliphatic heterocycles. The number of oxime groups is 1. The van der Waals surface area contributed by atoms with Crippen molar-refractivity contribution in [2.24, 2.45) is 16.3 Å². The molecule has 1 saturated carbocycles. The van der Waals surface area contributed by atoms with Gasteiger partial charge in [-0.2, -0.15) is 0 Å². The molecule has 1 aromatic rings. The summed E-state index contributed by atoms with van der Waals surface area (Å²) in [4.78, 5) is 12.1. The lowest BCUT2D eigenvalue weighted by atomic mass is 10.1. The number of benzene rings is 1. The van der Waals surface area contributed by atoms with E-state index in [0.717, 1.165) is 4.47 Å². The fourth-order valence-electron chi connectivity index (χ4n) is 1.66. The topological polar surface area (TPSA) is 87.7 Å². The summed E-state index contributed by atoms with van der Waals surface area (Å²) in [7, 11) is 0. The lowest BCUT2D eigenvalue weighted by Gasteiger charge is -2.14. The molecular formula is C11H11BrClN3O2. The van der Waals surface area contributed by atoms with Crippen LogP contribution in [0.3, 0.4) is 0 Å². The van der Waals surface area contributed by atoms with Crippen molar-refractivity contribution in [3.8, 4) is 0 Å². The second-order valence-corrected chi connectivity index (χ2v) is 5.47. The van der Waals surface area contributed by atoms with Crippen LogP contribution in [0.2, 0.25) is 5.02 Å². The molecule has 2 rings (SSSR count). The summed E-state index contributed by atoms with van der Waals surface area (Å²) in [5.74, 6) is -0.371. The summed E-state index contributed by atoms with van der Waals surface area (Å²) >= 11 is 9.27. The predicted molar refractivity (Wildman–Crippen MR) is 72.9 cm³/mol. The molecule has 0 saturated heterocycles. The number of carbonyl (C=O) groups excluding carboxylic acids is 1. The molecule has 0 radical (unpaired) electrons. The van der Waals surface area contributed by atoms with Gasteiger partial charge >= 0.3 is 0 Å². The van der Waals surface area contributed by atoms with Gasteiger partial charge in [-0.05, 0) is 31.0 Å². The summed E-state index contributed by atoms with van der Waals surface area (Å²) < 4.78 is 0.802. The van der Waals surface area contributed by atoms with Gasteiger partial charge in [0, 0.05) is 4.47 Å². The number of rotatable bonds is 3. The maximum absolute atomic E-state index is 12.1. The van der Waals surface area contributed by atoms with Gasteiger partial charge in [0.05, 0.1) is 10.7 Å². The number of halogens is 2. The van der Waals surface area contributed by atoms with Crippen LogP contribution in [-0.2, 0) is 4.79 Å². The first-order chi connectivity index (χ1) is 8.49. The molecule has 4 N–H and O–H groups in total. The van der Waals surface area contributed by atoms with E-state index >= 15 is 0 Å². The number of hydrogen-bond acceptors (Lipinski definition) is 3. The van der Waals surface area contributed by atoms with Crippen LogP contribution in [0.15, 0.2) is 27.8 Å². The fourth-order valence-corrected chi connectivity index (χ4v) is 2.18. The standard InChI is InChI=1S/C11H11BrClN3O2/c12-6-1-2-7(13)8(5-6)15-10(17)11(3-4-11)9(14)16-18/h1-2,5,18H,3-4H2,(H2,14,16)(H,15,17). The molecule has 1 aliphatic carbocycles. The normalized spacial score (nSPS) is 17.3. The van der Waals surface area contributed by atoms with Gasteiger partial charge in [0.15, 0.2) is 5.84 Å². The molecule has 7 heteroatoms. The van der Waals surface area contributed by atoms with Crippen LogP contribution in [0.1, 0.15) is 12.8 Å². The maximum atomic E-state index is 12.1. The van der Waals surface area contributed by atoms with Crippen molar-refractivity contribution in [2.75, 3.05) is 5.32 Å². The number of carbonyl (C=O) groups is 1. The molecule has 1 fully saturated rings. The Morgan fingerprint density at radius 1 is 1.56 bits per heavy atom. The largest absolute Gasteiger partial charge is 0.409 e. The van der Waals surface area contributed by atoms with Gasteiger partial charge in [-0.1, -0.05) is 32.7 Å². The Morgan fingerprint density at radius 3 is 2.78 bits per heavy atom. The van der Waals surface area contributed by atoms with Gasteiger partial charge in [0.25, 0.3) is 0 Å². The zero-order valence-electron chi connectivity index (χ0n) is 9.28. The molecular weight excluding hydrogens is 321 g/mol. The lowest BCUT2D eigenvalue weighted by molar-refractivity contribution is -0.119. The number of nitrogens with one attached hydrogen (secondary N) is 1. The lowest BCUT2D eigenvalue weighted by Crippen LogP contribution is -2.36. The van der Waals surface area contributed by atoms with Crippen LogP contribution in [0, 0.1) is 5.41 Å². The van der Waals surface area contributed by atoms with E-state index in [1.165, 1.54) is 0 Å². The fraction of sp³-hybridized carbons (Fsp3) is 0.273. The second kappa shape index (κ2) is 4.78. The minimum atomic E-state index is -0.888. The minimum Gasteiger partial charge on any atom is -0.409 e. The van der Waals surface area contributed by atoms with E-state index in [9.17, 15) is 4.79 Å². The first kappa shape index (κ1) is 13.2. The van der Waals surface area contributed by atoms with Gasteiger partial charge in [-0.3, -0.25) is 4.79 Å². The molecule has 0 bridgehead atoms. The summed E-state index contributed by atoms with van der Waals surface area (Å²) in [6.45, 7) is 0. The molecule has 1 amide bonds. The number of amidine groups is 1. The third-order valence-corrected chi connectivity index (χ3v) is 3.78. The van der Waals surface area contributed by atoms with E-state index in [-0.39, 0.29) is 11.7 Å². The van der Waals surface area contributed by atoms with E-state index in [0.29, 0.717) is 23.6 Å². The van der Waals surface area contributed by atoms with Crippen molar-refractivity contribution in [1.29, 1.82) is 0 Å². The third kappa shape index (κ3) is 2.30. The van der Waals surface area contributed by atoms with Crippen molar-refractivity contribution < 1.29 is 10.0 Å². The molecule has 1 aliphatic rings. The summed E-state index contributed by atoms with van der Waals surface area (Å²) in [5, 5.41) is 14.7. The van der Waals surface area contributed by atoms with Crippen LogP contribution >= 0.6 is 27.5 Å². The van der Waals surface area contributed by atoms with E-state index < -0.39 is 5.41 Å². The smallest absolute Gasteiger partial charge is 0.238 e. The Kier molecular flexibility index (Phi) is 3.49. The number of hydrogen-bond donors (Lipinski definition) is 3. The molecule has 5 nitrogen and oxygen atoms in total. The van der Waals surface area contributed by atoms with Crippen molar-refractivity contribution in [2.45, 2.75) is 12.8 Å². The quantitative estimate of drug-likeness (QED) is 0.344. The average molecular weight is 333 g/mol. The highest BCUT2D eigenvalue weighted by molar-refractivity contribution is 9.10. The number of amides is 1. The molecule has 96 valence electrons. The molecule has 0 atom stereocenters. The van der Waals surface area contributed by atoms with Crippen LogP contribution in [0.25, 0.3) is 0 Å². The first-order valence-corrected chi connectivity index (χ1v) is 6.41. The Bertz CT molecular complexity index is 529. The van der Waals surface area contributed by atoms with Gasteiger partial charge < -0.3 is 16.3 Å². The third-order valence-electron chi connectivity index (χ3n) is 2.96. The zero-order valence-corrected chi connectivity index (χ0v) is 11.6. The molecule has 0 aromatic heterocycles. The number of nitrogens with two attached hydrogens (primary N) is 1. The monoisotopic (exact) mass is 331 g/mol. The number of nitrogens with zero attached hydrogens (tertiary/aromatic N) is 1. The summed E-state index contributed by atoms with van der Waals surface area (Å²) in [5.41, 5.74) is 5.14. The van der Waals surface area contributed by atoms with E-state index in [2.05, 4.69) is 26.4 Å². The van der Waals surface area contributed by atoms with Crippen LogP contribution in [-0.4, -0.2) is 17.0 Å². The van der Waals surface area contributed by atoms with Gasteiger partial charge in [-0.15, -0.1) is 0 Å². The zero-order chi connectivity index (χ0) is 13.3. The van der Waals surface area contributed by atoms with Crippen LogP contribution < -0.4 is 11.1 Å². The van der Waals surface area contributed by atoms with Crippen molar-refractivity contribution in [1.82, 2.24) is 0 Å². The van der Waals surface area contributed by atoms with Crippen LogP contribution in [0.4, 0.5) is 5.69 Å². The van der Waals surface area contributed by atoms with E-state index in [1.54, 1.807) is 18.2 Å². The SMILES string of the molecule is N/C(=N/O)C1(C(=O)Nc2cc(Br)ccc2Cl)CC1. The van der Waals surface area contributed by atoms with Crippen molar-refractivity contribution in [3.05, 3.63) is 27.7 Å². The first-order valence-electron chi connectivity index (χ1n) is 5.24. The van der Waals surface area contributed by atoms with Gasteiger partial charge in [0.1, 0.15) is 5.41 Å². The van der Waals surface area contributed by atoms with E-state index in [4.69, 9.17) is 22.5 Å². The second-order valence-electron chi connectivity index (χ2n) is 4.15. The molecule has 18 heavy (non-hydrogen) atoms. The van der Waals surface area contributed by atoms with Crippen molar-refractivity contribution in [3.63, 3.8) is 0 Å². The summed E-state index contributed by atoms with van der Waals surface area (Å²) in [6, 6.07) is 5.14. The molecule has 1 aromatic carbocycles. The minimum absolute atomic E-state index is 0.0638. The maximum Gasteiger partial charge on any atom is 0.238 e. The van der Waals surface area contributed by atoms with Crippen molar-refractivity contribution >= 4 is 45.0 Å². The molecule has 0 heterocycles. The average Bonchev–Trinajstić information content (AvgIpc) is 3.14. The molecule has 0 unspecified atom stereocenters. The Morgan fingerprint density at radius 2 is 2.22 bits per heavy atom. The van der Waals surface area contributed by atoms with Gasteiger partial charge in [-0.25, -0.2) is 0 Å². The summed E-state index contributed by atoms with van der Waals surface area (Å²) in [6.07, 6.45) is 1.14. The van der Waals surface area contributed by atoms with Crippen LogP contribution in [0.5, 0.6) is 0 Å². The Labute approximate surface area is 117 Å². The Balaban J connectivity index is 2.20. The number of anilines is 1. The Hall–Kier alpha value is -1.27. The highest BCUT2D eigenvalue weighted by atomic mass is 79.9. The molecule has 0 spiro atoms. The van der Waals surface area contributed by atoms with Gasteiger partial charge in [0.2, 0.25) is 5.91 Å². The van der Waals surface area contributed by atoms with E-state index in [1.807, 2.05) is 0 Å². The highest BCUT2D eigenvalue weighted by Crippen LogP contribution is 2.47. The highest BCUT2D eigenvalue weighted by Gasteiger charge is 2.54. The predicted octanol–water partition coefficient (Wildman–Crippen LogP) is 2.57.